The van der Waals surface area contributed by atoms with Crippen LogP contribution in [0, 0.1) is 6.92 Å². The number of H-pyrrole nitrogens is 2. The van der Waals surface area contributed by atoms with Gasteiger partial charge in [-0.25, -0.2) is 9.97 Å². The Balaban J connectivity index is 0.853. The number of aryl methyl sites for hydroxylation is 1. The number of nitrogens with one attached hydrogen (secondary N) is 4. The maximum absolute atomic E-state index is 13.0. The molecule has 4 N–H and O–H groups in total. The Labute approximate surface area is 424 Å². The van der Waals surface area contributed by atoms with Crippen molar-refractivity contribution in [3.05, 3.63) is 162 Å². The Morgan fingerprint density at radius 1 is 0.648 bits per heavy atom. The fraction of sp³-hybridized carbons (Fsp3) is 0.228. The van der Waals surface area contributed by atoms with Gasteiger partial charge in [0, 0.05) is 122 Å². The number of hydrogen-bond acceptors (Lipinski definition) is 8. The number of carbonyl (C=O) groups excluding carboxylic acids is 2. The summed E-state index contributed by atoms with van der Waals surface area (Å²) >= 11 is 13.8. The van der Waals surface area contributed by atoms with Crippen LogP contribution in [0.4, 0.5) is 17.1 Å². The highest BCUT2D eigenvalue weighted by atomic mass is 35.5. The normalized spacial score (nSPS) is 14.8. The van der Waals surface area contributed by atoms with Crippen molar-refractivity contribution in [2.24, 2.45) is 0 Å². The molecule has 0 unspecified atom stereocenters. The Morgan fingerprint density at radius 2 is 1.21 bits per heavy atom. The van der Waals surface area contributed by atoms with Crippen LogP contribution in [0.5, 0.6) is 0 Å². The first-order chi connectivity index (χ1) is 34.5. The summed E-state index contributed by atoms with van der Waals surface area (Å²) in [6, 6.07) is 33.3. The first-order valence-corrected chi connectivity index (χ1v) is 24.8. The number of anilines is 3. The van der Waals surface area contributed by atoms with Crippen LogP contribution in [0.25, 0.3) is 66.8 Å². The first-order valence-electron chi connectivity index (χ1n) is 24.0. The van der Waals surface area contributed by atoms with Gasteiger partial charge in [-0.3, -0.25) is 14.5 Å². The van der Waals surface area contributed by atoms with Crippen molar-refractivity contribution >= 4 is 74.1 Å². The lowest BCUT2D eigenvalue weighted by atomic mass is 9.96. The number of amides is 2. The van der Waals surface area contributed by atoms with E-state index in [1.165, 1.54) is 23.4 Å². The predicted molar refractivity (Wildman–Crippen MR) is 291 cm³/mol. The molecule has 71 heavy (non-hydrogen) atoms. The standard InChI is InChI=1S/C57H56Cl2N10O2/c1-5-48(70)62-46-33-39(14-13-36(46)3)50-52-44(58)17-20-60-56(52)64-54(50)41-10-7-9-37(31-41)35-68-27-25-67(26-28-68)22-19-38-15-16-40(34-47(38)63-49(71)6-2)51-53-45(59)18-21-61-57(53)65-55(51)42-11-8-12-43(32-42)69-29-23-66(4)24-30-69/h5-18,20-21,31-34H,1-2,19,22-30,35H2,3-4H3,(H,60,64)(H,61,65)(H,62,70)(H,63,71). The van der Waals surface area contributed by atoms with Gasteiger partial charge in [0.05, 0.1) is 21.4 Å². The minimum absolute atomic E-state index is 0.264. The molecule has 2 amide bonds. The van der Waals surface area contributed by atoms with Crippen LogP contribution in [0.3, 0.4) is 0 Å². The molecule has 14 heteroatoms. The number of rotatable bonds is 14. The molecule has 0 saturated carbocycles. The summed E-state index contributed by atoms with van der Waals surface area (Å²) in [4.78, 5) is 51.6. The van der Waals surface area contributed by atoms with Crippen molar-refractivity contribution in [3.63, 3.8) is 0 Å². The van der Waals surface area contributed by atoms with Crippen molar-refractivity contribution in [3.8, 4) is 44.8 Å². The van der Waals surface area contributed by atoms with E-state index in [9.17, 15) is 9.59 Å². The molecular weight excluding hydrogens is 928 g/mol. The number of aromatic nitrogens is 4. The lowest BCUT2D eigenvalue weighted by molar-refractivity contribution is -0.112. The Hall–Kier alpha value is -7.06. The third-order valence-corrected chi connectivity index (χ3v) is 14.5. The van der Waals surface area contributed by atoms with E-state index in [-0.39, 0.29) is 11.8 Å². The summed E-state index contributed by atoms with van der Waals surface area (Å²) < 4.78 is 0. The van der Waals surface area contributed by atoms with E-state index < -0.39 is 0 Å². The molecule has 0 bridgehead atoms. The van der Waals surface area contributed by atoms with Crippen molar-refractivity contribution in [1.82, 2.24) is 34.6 Å². The molecule has 0 spiro atoms. The second-order valence-electron chi connectivity index (χ2n) is 18.5. The van der Waals surface area contributed by atoms with Gasteiger partial charge in [0.15, 0.2) is 0 Å². The molecule has 2 aliphatic rings. The molecule has 10 rings (SSSR count). The van der Waals surface area contributed by atoms with Gasteiger partial charge >= 0.3 is 0 Å². The lowest BCUT2D eigenvalue weighted by Crippen LogP contribution is -2.46. The highest BCUT2D eigenvalue weighted by molar-refractivity contribution is 6.37. The van der Waals surface area contributed by atoms with Crippen molar-refractivity contribution in [2.45, 2.75) is 19.9 Å². The summed E-state index contributed by atoms with van der Waals surface area (Å²) in [5, 5.41) is 8.94. The zero-order valence-electron chi connectivity index (χ0n) is 40.0. The molecule has 2 saturated heterocycles. The summed E-state index contributed by atoms with van der Waals surface area (Å²) in [7, 11) is 2.17. The number of carbonyl (C=O) groups is 2. The molecule has 4 aromatic heterocycles. The van der Waals surface area contributed by atoms with E-state index in [0.29, 0.717) is 27.0 Å². The third-order valence-electron chi connectivity index (χ3n) is 13.9. The SMILES string of the molecule is C=CC(=O)Nc1cc(-c2c(-c3cccc(CN4CCN(CCc5ccc(-c6c(-c7cccc(N8CCN(C)CC8)c7)[nH]c7nccc(Cl)c67)cc5NC(=O)C=C)CC4)c3)[nH]c3nccc(Cl)c23)ccc1C. The van der Waals surface area contributed by atoms with Gasteiger partial charge in [-0.2, -0.15) is 0 Å². The van der Waals surface area contributed by atoms with Gasteiger partial charge in [-0.15, -0.1) is 0 Å². The summed E-state index contributed by atoms with van der Waals surface area (Å²) in [5.74, 6) is -0.536. The van der Waals surface area contributed by atoms with Crippen LogP contribution in [0.1, 0.15) is 16.7 Å². The van der Waals surface area contributed by atoms with Gasteiger partial charge in [-0.1, -0.05) is 91.0 Å². The topological polar surface area (TPSA) is 129 Å². The fourth-order valence-electron chi connectivity index (χ4n) is 9.97. The number of halogens is 2. The average molecular weight is 984 g/mol. The van der Waals surface area contributed by atoms with Crippen LogP contribution in [0.2, 0.25) is 10.0 Å². The molecule has 6 heterocycles. The van der Waals surface area contributed by atoms with E-state index >= 15 is 0 Å². The number of piperazine rings is 2. The van der Waals surface area contributed by atoms with Crippen molar-refractivity contribution in [2.75, 3.05) is 81.5 Å². The lowest BCUT2D eigenvalue weighted by Gasteiger charge is -2.35. The van der Waals surface area contributed by atoms with Gasteiger partial charge in [0.2, 0.25) is 11.8 Å². The van der Waals surface area contributed by atoms with Crippen LogP contribution in [-0.2, 0) is 22.6 Å². The molecule has 8 aromatic rings. The van der Waals surface area contributed by atoms with Crippen LogP contribution < -0.4 is 15.5 Å². The molecule has 0 atom stereocenters. The monoisotopic (exact) mass is 982 g/mol. The van der Waals surface area contributed by atoms with E-state index in [4.69, 9.17) is 28.2 Å². The van der Waals surface area contributed by atoms with Gasteiger partial charge in [0.1, 0.15) is 11.3 Å². The zero-order valence-corrected chi connectivity index (χ0v) is 41.5. The van der Waals surface area contributed by atoms with E-state index in [1.807, 2.05) is 25.1 Å². The maximum atomic E-state index is 13.0. The van der Waals surface area contributed by atoms with Crippen LogP contribution in [0.15, 0.2) is 135 Å². The number of nitrogens with zero attached hydrogens (tertiary/aromatic N) is 6. The van der Waals surface area contributed by atoms with Gasteiger partial charge < -0.3 is 35.3 Å². The van der Waals surface area contributed by atoms with E-state index in [2.05, 4.69) is 138 Å². The molecule has 2 aliphatic heterocycles. The predicted octanol–water partition coefficient (Wildman–Crippen LogP) is 11.1. The van der Waals surface area contributed by atoms with Gasteiger partial charge in [-0.05, 0) is 108 Å². The average Bonchev–Trinajstić information content (AvgIpc) is 3.99. The molecule has 12 nitrogen and oxygen atoms in total. The van der Waals surface area contributed by atoms with Gasteiger partial charge in [0.25, 0.3) is 0 Å². The molecular formula is C57H56Cl2N10O2. The smallest absolute Gasteiger partial charge is 0.247 e. The second kappa shape index (κ2) is 20.7. The number of hydrogen-bond donors (Lipinski definition) is 4. The molecule has 0 radical (unpaired) electrons. The minimum atomic E-state index is -0.272. The van der Waals surface area contributed by atoms with Crippen molar-refractivity contribution < 1.29 is 9.59 Å². The van der Waals surface area contributed by atoms with Crippen LogP contribution >= 0.6 is 23.2 Å². The number of benzene rings is 4. The zero-order chi connectivity index (χ0) is 49.2. The van der Waals surface area contributed by atoms with E-state index in [1.54, 1.807) is 18.5 Å². The van der Waals surface area contributed by atoms with Crippen molar-refractivity contribution in [1.29, 1.82) is 0 Å². The first kappa shape index (κ1) is 47.6. The summed E-state index contributed by atoms with van der Waals surface area (Å²) in [5.41, 5.74) is 14.8. The number of fused-ring (bicyclic) bond motifs is 2. The largest absolute Gasteiger partial charge is 0.369 e. The fourth-order valence-corrected chi connectivity index (χ4v) is 10.4. The summed E-state index contributed by atoms with van der Waals surface area (Å²) in [6.45, 7) is 18.6. The maximum Gasteiger partial charge on any atom is 0.247 e. The third kappa shape index (κ3) is 10.1. The Bertz CT molecular complexity index is 3330. The minimum Gasteiger partial charge on any atom is -0.369 e. The highest BCUT2D eigenvalue weighted by Crippen LogP contribution is 2.44. The Morgan fingerprint density at radius 3 is 1.85 bits per heavy atom. The molecule has 0 aliphatic carbocycles. The quantitative estimate of drug-likeness (QED) is 0.0793. The van der Waals surface area contributed by atoms with E-state index in [0.717, 1.165) is 144 Å². The second-order valence-corrected chi connectivity index (χ2v) is 19.3. The number of pyridine rings is 2. The highest BCUT2D eigenvalue weighted by Gasteiger charge is 2.24. The number of aromatic amines is 2. The molecule has 360 valence electrons. The summed E-state index contributed by atoms with van der Waals surface area (Å²) in [6.07, 6.45) is 6.76. The molecule has 4 aromatic carbocycles. The number of likely N-dealkylation sites (N-methyl/N-ethyl adjacent to an activating group) is 1. The Kier molecular flexibility index (Phi) is 13.9. The molecule has 2 fully saturated rings. The van der Waals surface area contributed by atoms with Crippen LogP contribution in [-0.4, -0.2) is 112 Å².